The fraction of sp³-hybridized carbons (Fsp3) is 0.273. The number of furan rings is 1. The monoisotopic (exact) mass is 537 g/mol. The van der Waals surface area contributed by atoms with Crippen molar-refractivity contribution in [1.29, 1.82) is 0 Å². The largest absolute Gasteiger partial charge is 0.480 e. The van der Waals surface area contributed by atoms with Gasteiger partial charge in [0.05, 0.1) is 15.6 Å². The van der Waals surface area contributed by atoms with Gasteiger partial charge >= 0.3 is 5.97 Å². The second-order valence-corrected chi connectivity index (χ2v) is 8.79. The van der Waals surface area contributed by atoms with Gasteiger partial charge < -0.3 is 20.0 Å². The maximum atomic E-state index is 13.8. The van der Waals surface area contributed by atoms with Crippen molar-refractivity contribution >= 4 is 60.3 Å². The number of rotatable bonds is 7. The third-order valence-corrected chi connectivity index (χ3v) is 6.24. The molecule has 0 radical (unpaired) electrons. The molecule has 8 heteroatoms. The number of ketones is 1. The Morgan fingerprint density at radius 3 is 2.53 bits per heavy atom. The van der Waals surface area contributed by atoms with Gasteiger partial charge in [-0.25, -0.2) is 4.79 Å². The molecule has 0 amide bonds. The Kier molecular flexibility index (Phi) is 6.57. The number of carbonyl (C=O) groups excluding carboxylic acids is 1. The van der Waals surface area contributed by atoms with Crippen LogP contribution in [-0.2, 0) is 11.2 Å². The van der Waals surface area contributed by atoms with E-state index in [0.29, 0.717) is 38.9 Å². The van der Waals surface area contributed by atoms with Crippen LogP contribution >= 0.6 is 31.9 Å². The normalized spacial score (nSPS) is 11.3. The van der Waals surface area contributed by atoms with Gasteiger partial charge in [-0.15, -0.1) is 0 Å². The van der Waals surface area contributed by atoms with Crippen LogP contribution in [0.15, 0.2) is 37.6 Å². The van der Waals surface area contributed by atoms with Crippen molar-refractivity contribution < 1.29 is 23.8 Å². The summed E-state index contributed by atoms with van der Waals surface area (Å²) >= 11 is 7.01. The van der Waals surface area contributed by atoms with Crippen LogP contribution in [-0.4, -0.2) is 23.5 Å². The molecule has 0 fully saturated rings. The first-order valence-corrected chi connectivity index (χ1v) is 11.0. The molecule has 1 heterocycles. The molecule has 0 spiro atoms. The van der Waals surface area contributed by atoms with Gasteiger partial charge in [-0.2, -0.15) is 0 Å². The van der Waals surface area contributed by atoms with Crippen molar-refractivity contribution in [2.45, 2.75) is 33.1 Å². The lowest BCUT2D eigenvalue weighted by atomic mass is 9.94. The van der Waals surface area contributed by atoms with Crippen LogP contribution < -0.4 is 10.5 Å². The lowest BCUT2D eigenvalue weighted by molar-refractivity contribution is -0.139. The molecule has 2 aromatic carbocycles. The molecule has 30 heavy (non-hydrogen) atoms. The average molecular weight is 539 g/mol. The molecule has 158 valence electrons. The summed E-state index contributed by atoms with van der Waals surface area (Å²) in [7, 11) is 0. The maximum absolute atomic E-state index is 13.8. The number of carbonyl (C=O) groups is 2. The Balaban J connectivity index is 2.28. The van der Waals surface area contributed by atoms with Gasteiger partial charge in [-0.1, -0.05) is 36.7 Å². The van der Waals surface area contributed by atoms with E-state index in [4.69, 9.17) is 20.0 Å². The molecule has 0 aliphatic heterocycles. The molecule has 6 nitrogen and oxygen atoms in total. The van der Waals surface area contributed by atoms with E-state index in [9.17, 15) is 9.59 Å². The average Bonchev–Trinajstić information content (AvgIpc) is 3.05. The van der Waals surface area contributed by atoms with E-state index in [1.807, 2.05) is 20.8 Å². The topological polar surface area (TPSA) is 103 Å². The van der Waals surface area contributed by atoms with E-state index >= 15 is 0 Å². The quantitative estimate of drug-likeness (QED) is 0.286. The number of benzene rings is 2. The number of anilines is 1. The van der Waals surface area contributed by atoms with E-state index in [0.717, 1.165) is 10.0 Å². The zero-order valence-corrected chi connectivity index (χ0v) is 19.9. The van der Waals surface area contributed by atoms with Crippen molar-refractivity contribution in [3.8, 4) is 5.75 Å². The van der Waals surface area contributed by atoms with Crippen LogP contribution in [0.25, 0.3) is 11.0 Å². The number of hydrogen-bond acceptors (Lipinski definition) is 5. The fourth-order valence-electron chi connectivity index (χ4n) is 3.32. The van der Waals surface area contributed by atoms with Gasteiger partial charge in [0.1, 0.15) is 17.1 Å². The number of halogens is 2. The number of nitrogen functional groups attached to an aromatic ring is 1. The SMILES string of the molecule is CCc1c(Br)cc(C(=O)c2c(C(C)C)oc3ccc(N)cc23)c(OCC(=O)O)c1Br. The number of carboxylic acids is 1. The minimum absolute atomic E-state index is 0.0530. The zero-order chi connectivity index (χ0) is 22.2. The lowest BCUT2D eigenvalue weighted by Crippen LogP contribution is -2.14. The molecular formula is C22H21Br2NO5. The van der Waals surface area contributed by atoms with Gasteiger partial charge in [0.25, 0.3) is 0 Å². The summed E-state index contributed by atoms with van der Waals surface area (Å²) < 4.78 is 12.8. The van der Waals surface area contributed by atoms with Gasteiger partial charge in [-0.3, -0.25) is 4.79 Å². The summed E-state index contributed by atoms with van der Waals surface area (Å²) in [6, 6.07) is 6.83. The molecule has 3 aromatic rings. The highest BCUT2D eigenvalue weighted by Gasteiger charge is 2.28. The predicted molar refractivity (Wildman–Crippen MR) is 122 cm³/mol. The Hall–Kier alpha value is -2.32. The molecule has 3 N–H and O–H groups in total. The highest BCUT2D eigenvalue weighted by atomic mass is 79.9. The Morgan fingerprint density at radius 2 is 1.93 bits per heavy atom. The summed E-state index contributed by atoms with van der Waals surface area (Å²) in [5.74, 6) is -0.784. The van der Waals surface area contributed by atoms with Crippen LogP contribution in [0.2, 0.25) is 0 Å². The Labute approximate surface area is 190 Å². The van der Waals surface area contributed by atoms with Crippen molar-refractivity contribution in [2.75, 3.05) is 12.3 Å². The van der Waals surface area contributed by atoms with Crippen LogP contribution in [0.1, 0.15) is 53.9 Å². The fourth-order valence-corrected chi connectivity index (χ4v) is 5.11. The first-order chi connectivity index (χ1) is 14.1. The molecular weight excluding hydrogens is 518 g/mol. The molecule has 0 saturated carbocycles. The van der Waals surface area contributed by atoms with Crippen molar-refractivity contribution in [3.05, 3.63) is 55.7 Å². The number of ether oxygens (including phenoxy) is 1. The maximum Gasteiger partial charge on any atom is 0.341 e. The second kappa shape index (κ2) is 8.81. The number of hydrogen-bond donors (Lipinski definition) is 2. The molecule has 0 bridgehead atoms. The first kappa shape index (κ1) is 22.4. The minimum Gasteiger partial charge on any atom is -0.480 e. The van der Waals surface area contributed by atoms with Gasteiger partial charge in [0.15, 0.2) is 6.61 Å². The molecule has 3 rings (SSSR count). The van der Waals surface area contributed by atoms with Gasteiger partial charge in [0, 0.05) is 21.5 Å². The Morgan fingerprint density at radius 1 is 1.23 bits per heavy atom. The third-order valence-electron chi connectivity index (χ3n) is 4.70. The predicted octanol–water partition coefficient (Wildman–Crippen LogP) is 5.92. The van der Waals surface area contributed by atoms with Crippen LogP contribution in [0.5, 0.6) is 5.75 Å². The number of nitrogens with two attached hydrogens (primary N) is 1. The van der Waals surface area contributed by atoms with Crippen LogP contribution in [0.3, 0.4) is 0 Å². The van der Waals surface area contributed by atoms with E-state index in [2.05, 4.69) is 31.9 Å². The molecule has 0 atom stereocenters. The first-order valence-electron chi connectivity index (χ1n) is 9.37. The minimum atomic E-state index is -1.13. The van der Waals surface area contributed by atoms with Crippen molar-refractivity contribution in [2.24, 2.45) is 0 Å². The highest BCUT2D eigenvalue weighted by molar-refractivity contribution is 9.11. The molecule has 0 aliphatic rings. The number of carboxylic acid groups (broad SMARTS) is 1. The summed E-state index contributed by atoms with van der Waals surface area (Å²) in [4.78, 5) is 24.9. The van der Waals surface area contributed by atoms with Crippen molar-refractivity contribution in [3.63, 3.8) is 0 Å². The Bertz CT molecular complexity index is 1150. The summed E-state index contributed by atoms with van der Waals surface area (Å²) in [5.41, 5.74) is 8.54. The zero-order valence-electron chi connectivity index (χ0n) is 16.7. The summed E-state index contributed by atoms with van der Waals surface area (Å²) in [6.07, 6.45) is 0.654. The van der Waals surface area contributed by atoms with Crippen LogP contribution in [0.4, 0.5) is 5.69 Å². The molecule has 0 unspecified atom stereocenters. The van der Waals surface area contributed by atoms with E-state index in [1.165, 1.54) is 0 Å². The summed E-state index contributed by atoms with van der Waals surface area (Å²) in [5, 5.41) is 9.70. The lowest BCUT2D eigenvalue weighted by Gasteiger charge is -2.16. The highest BCUT2D eigenvalue weighted by Crippen LogP contribution is 2.41. The van der Waals surface area contributed by atoms with E-state index < -0.39 is 12.6 Å². The smallest absolute Gasteiger partial charge is 0.341 e. The standard InChI is InChI=1S/C22H21Br2NO5/c1-4-12-15(23)8-14(22(19(12)24)29-9-17(26)27)20(28)18-13-7-11(25)5-6-16(13)30-21(18)10(2)3/h5-8,10H,4,9,25H2,1-3H3,(H,26,27). The molecule has 0 aliphatic carbocycles. The molecule has 0 saturated heterocycles. The van der Waals surface area contributed by atoms with Gasteiger partial charge in [-0.05, 0) is 52.2 Å². The second-order valence-electron chi connectivity index (χ2n) is 7.14. The third kappa shape index (κ3) is 4.11. The number of fused-ring (bicyclic) bond motifs is 1. The number of aliphatic carboxylic acids is 1. The molecule has 1 aromatic heterocycles. The van der Waals surface area contributed by atoms with Crippen molar-refractivity contribution in [1.82, 2.24) is 0 Å². The van der Waals surface area contributed by atoms with Crippen LogP contribution in [0, 0.1) is 0 Å². The van der Waals surface area contributed by atoms with E-state index in [1.54, 1.807) is 24.3 Å². The van der Waals surface area contributed by atoms with E-state index in [-0.39, 0.29) is 23.0 Å². The summed E-state index contributed by atoms with van der Waals surface area (Å²) in [6.45, 7) is 5.26. The van der Waals surface area contributed by atoms with Gasteiger partial charge in [0.2, 0.25) is 5.78 Å².